The zero-order valence-electron chi connectivity index (χ0n) is 15.8. The molecule has 0 rings (SSSR count). The third kappa shape index (κ3) is 11.1. The second-order valence-electron chi connectivity index (χ2n) is 6.42. The van der Waals surface area contributed by atoms with Crippen LogP contribution in [0.1, 0.15) is 19.8 Å². The van der Waals surface area contributed by atoms with E-state index in [1.165, 1.54) is 4.90 Å². The Morgan fingerprint density at radius 2 is 1.39 bits per heavy atom. The van der Waals surface area contributed by atoms with Crippen LogP contribution in [-0.2, 0) is 4.79 Å². The maximum atomic E-state index is 12.3. The minimum Gasteiger partial charge on any atom is -0.338 e. The molecular weight excluding hydrogens is 294 g/mol. The van der Waals surface area contributed by atoms with Gasteiger partial charge in [0.2, 0.25) is 5.91 Å². The lowest BCUT2D eigenvalue weighted by Crippen LogP contribution is -2.47. The van der Waals surface area contributed by atoms with Gasteiger partial charge < -0.3 is 15.1 Å². The number of amides is 3. The summed E-state index contributed by atoms with van der Waals surface area (Å²) >= 11 is 0. The van der Waals surface area contributed by atoms with Gasteiger partial charge >= 0.3 is 6.03 Å². The van der Waals surface area contributed by atoms with Crippen LogP contribution in [-0.4, -0.2) is 106 Å². The van der Waals surface area contributed by atoms with Crippen LogP contribution in [0.25, 0.3) is 0 Å². The molecule has 0 aliphatic carbocycles. The molecule has 0 aromatic heterocycles. The van der Waals surface area contributed by atoms with Crippen molar-refractivity contribution in [3.05, 3.63) is 0 Å². The van der Waals surface area contributed by atoms with Gasteiger partial charge in [-0.05, 0) is 34.6 Å². The summed E-state index contributed by atoms with van der Waals surface area (Å²) in [4.78, 5) is 31.7. The monoisotopic (exact) mass is 329 g/mol. The summed E-state index contributed by atoms with van der Waals surface area (Å²) in [5, 5.41) is 2.77. The van der Waals surface area contributed by atoms with E-state index in [0.717, 1.165) is 39.0 Å². The van der Waals surface area contributed by atoms with E-state index in [9.17, 15) is 9.59 Å². The molecule has 0 bridgehead atoms. The fourth-order valence-electron chi connectivity index (χ4n) is 1.85. The smallest absolute Gasteiger partial charge is 0.323 e. The number of urea groups is 1. The van der Waals surface area contributed by atoms with Crippen molar-refractivity contribution in [1.82, 2.24) is 24.9 Å². The standard InChI is InChI=1S/C16H35N5O2/c1-7-8-9-17-16(23)20(6)15(22)14-21(12-10-18(2)3)13-11-19(4)5/h7-14H2,1-6H3,(H,17,23). The summed E-state index contributed by atoms with van der Waals surface area (Å²) in [6.07, 6.45) is 1.94. The average molecular weight is 329 g/mol. The van der Waals surface area contributed by atoms with Gasteiger partial charge in [0, 0.05) is 39.8 Å². The number of hydrogen-bond acceptors (Lipinski definition) is 5. The molecule has 7 heteroatoms. The number of nitrogens with zero attached hydrogens (tertiary/aromatic N) is 4. The van der Waals surface area contributed by atoms with Crippen LogP contribution in [0.2, 0.25) is 0 Å². The molecule has 1 N–H and O–H groups in total. The number of nitrogens with one attached hydrogen (secondary N) is 1. The summed E-state index contributed by atoms with van der Waals surface area (Å²) in [5.74, 6) is -0.170. The summed E-state index contributed by atoms with van der Waals surface area (Å²) in [5.41, 5.74) is 0. The van der Waals surface area contributed by atoms with Crippen molar-refractivity contribution in [3.63, 3.8) is 0 Å². The van der Waals surface area contributed by atoms with E-state index in [4.69, 9.17) is 0 Å². The van der Waals surface area contributed by atoms with Gasteiger partial charge in [-0.15, -0.1) is 0 Å². The van der Waals surface area contributed by atoms with Crippen molar-refractivity contribution in [2.45, 2.75) is 19.8 Å². The predicted molar refractivity (Wildman–Crippen MR) is 94.6 cm³/mol. The number of carbonyl (C=O) groups is 2. The first-order valence-electron chi connectivity index (χ1n) is 8.34. The van der Waals surface area contributed by atoms with Gasteiger partial charge in [0.05, 0.1) is 6.54 Å². The number of rotatable bonds is 11. The summed E-state index contributed by atoms with van der Waals surface area (Å²) < 4.78 is 0. The molecule has 0 spiro atoms. The van der Waals surface area contributed by atoms with E-state index in [-0.39, 0.29) is 18.5 Å². The number of hydrogen-bond donors (Lipinski definition) is 1. The highest BCUT2D eigenvalue weighted by Crippen LogP contribution is 1.96. The SMILES string of the molecule is CCCCNC(=O)N(C)C(=O)CN(CCN(C)C)CCN(C)C. The van der Waals surface area contributed by atoms with E-state index < -0.39 is 0 Å². The fraction of sp³-hybridized carbons (Fsp3) is 0.875. The Morgan fingerprint density at radius 1 is 0.870 bits per heavy atom. The normalized spacial score (nSPS) is 11.3. The van der Waals surface area contributed by atoms with E-state index in [2.05, 4.69) is 26.9 Å². The minimum atomic E-state index is -0.316. The Labute approximate surface area is 141 Å². The van der Waals surface area contributed by atoms with E-state index >= 15 is 0 Å². The zero-order valence-corrected chi connectivity index (χ0v) is 15.8. The molecule has 0 aliphatic rings. The largest absolute Gasteiger partial charge is 0.338 e. The molecule has 0 fully saturated rings. The molecule has 136 valence electrons. The van der Waals surface area contributed by atoms with Gasteiger partial charge in [-0.2, -0.15) is 0 Å². The molecule has 0 unspecified atom stereocenters. The first-order valence-corrected chi connectivity index (χ1v) is 8.34. The Kier molecular flexibility index (Phi) is 11.6. The molecule has 0 aliphatic heterocycles. The molecule has 0 saturated heterocycles. The summed E-state index contributed by atoms with van der Waals surface area (Å²) in [7, 11) is 9.59. The maximum Gasteiger partial charge on any atom is 0.323 e. The van der Waals surface area contributed by atoms with Crippen molar-refractivity contribution in [2.24, 2.45) is 0 Å². The van der Waals surface area contributed by atoms with Gasteiger partial charge in [-0.25, -0.2) is 4.79 Å². The second kappa shape index (κ2) is 12.3. The van der Waals surface area contributed by atoms with Crippen LogP contribution in [0.4, 0.5) is 4.79 Å². The highest BCUT2D eigenvalue weighted by atomic mass is 16.2. The van der Waals surface area contributed by atoms with Gasteiger partial charge in [0.25, 0.3) is 0 Å². The Balaban J connectivity index is 4.44. The minimum absolute atomic E-state index is 0.170. The maximum absolute atomic E-state index is 12.3. The first kappa shape index (κ1) is 21.8. The fourth-order valence-corrected chi connectivity index (χ4v) is 1.85. The third-order valence-corrected chi connectivity index (χ3v) is 3.57. The van der Waals surface area contributed by atoms with Crippen LogP contribution in [0.15, 0.2) is 0 Å². The molecule has 3 amide bonds. The summed E-state index contributed by atoms with van der Waals surface area (Å²) in [6.45, 7) is 6.31. The third-order valence-electron chi connectivity index (χ3n) is 3.57. The predicted octanol–water partition coefficient (Wildman–Crippen LogP) is 0.380. The Hall–Kier alpha value is -1.18. The van der Waals surface area contributed by atoms with E-state index in [0.29, 0.717) is 6.54 Å². The van der Waals surface area contributed by atoms with Crippen molar-refractivity contribution in [3.8, 4) is 0 Å². The Bertz CT molecular complexity index is 335. The van der Waals surface area contributed by atoms with Gasteiger partial charge in [0.15, 0.2) is 0 Å². The molecule has 0 atom stereocenters. The van der Waals surface area contributed by atoms with Gasteiger partial charge in [-0.1, -0.05) is 13.3 Å². The van der Waals surface area contributed by atoms with Gasteiger partial charge in [-0.3, -0.25) is 14.6 Å². The number of imide groups is 1. The molecule has 0 heterocycles. The number of carbonyl (C=O) groups excluding carboxylic acids is 2. The first-order chi connectivity index (χ1) is 10.8. The van der Waals surface area contributed by atoms with Gasteiger partial charge in [0.1, 0.15) is 0 Å². The number of likely N-dealkylation sites (N-methyl/N-ethyl adjacent to an activating group) is 3. The lowest BCUT2D eigenvalue weighted by molar-refractivity contribution is -0.128. The Morgan fingerprint density at radius 3 is 1.83 bits per heavy atom. The molecule has 23 heavy (non-hydrogen) atoms. The lowest BCUT2D eigenvalue weighted by Gasteiger charge is -2.26. The van der Waals surface area contributed by atoms with Crippen molar-refractivity contribution < 1.29 is 9.59 Å². The zero-order chi connectivity index (χ0) is 17.8. The van der Waals surface area contributed by atoms with Crippen LogP contribution < -0.4 is 5.32 Å². The molecule has 7 nitrogen and oxygen atoms in total. The highest BCUT2D eigenvalue weighted by molar-refractivity contribution is 5.95. The number of unbranched alkanes of at least 4 members (excludes halogenated alkanes) is 1. The molecule has 0 aromatic rings. The lowest BCUT2D eigenvalue weighted by atomic mass is 10.3. The molecule has 0 radical (unpaired) electrons. The van der Waals surface area contributed by atoms with Crippen LogP contribution in [0.3, 0.4) is 0 Å². The average Bonchev–Trinajstić information content (AvgIpc) is 2.48. The second-order valence-corrected chi connectivity index (χ2v) is 6.42. The highest BCUT2D eigenvalue weighted by Gasteiger charge is 2.19. The van der Waals surface area contributed by atoms with Crippen molar-refractivity contribution in [1.29, 1.82) is 0 Å². The quantitative estimate of drug-likeness (QED) is 0.555. The summed E-state index contributed by atoms with van der Waals surface area (Å²) in [6, 6.07) is -0.316. The van der Waals surface area contributed by atoms with Crippen LogP contribution in [0.5, 0.6) is 0 Å². The molecular formula is C16H35N5O2. The van der Waals surface area contributed by atoms with Crippen LogP contribution >= 0.6 is 0 Å². The van der Waals surface area contributed by atoms with Crippen molar-refractivity contribution in [2.75, 3.05) is 74.5 Å². The molecule has 0 aromatic carbocycles. The topological polar surface area (TPSA) is 59.1 Å². The van der Waals surface area contributed by atoms with E-state index in [1.54, 1.807) is 7.05 Å². The van der Waals surface area contributed by atoms with E-state index in [1.807, 2.05) is 28.2 Å². The molecule has 0 saturated carbocycles. The van der Waals surface area contributed by atoms with Crippen molar-refractivity contribution >= 4 is 11.9 Å². The van der Waals surface area contributed by atoms with Crippen LogP contribution in [0, 0.1) is 0 Å².